The lowest BCUT2D eigenvalue weighted by atomic mass is 10.3. The first-order valence-electron chi connectivity index (χ1n) is 9.52. The molecule has 0 saturated carbocycles. The van der Waals surface area contributed by atoms with E-state index in [1.165, 1.54) is 0 Å². The molecular formula is C24H21NO3P2. The van der Waals surface area contributed by atoms with E-state index in [2.05, 4.69) is 5.09 Å². The van der Waals surface area contributed by atoms with Gasteiger partial charge in [0.25, 0.3) is 7.37 Å². The van der Waals surface area contributed by atoms with Crippen LogP contribution < -0.4 is 21.0 Å². The second-order valence-corrected chi connectivity index (χ2v) is 11.3. The van der Waals surface area contributed by atoms with Crippen molar-refractivity contribution >= 4 is 36.5 Å². The average molecular weight is 435 g/mol. The number of para-hydroxylation sites is 1. The first-order valence-corrected chi connectivity index (χ1v) is 12.8. The van der Waals surface area contributed by atoms with E-state index >= 15 is 0 Å². The van der Waals surface area contributed by atoms with Crippen LogP contribution in [0.4, 0.5) is 5.69 Å². The Balaban J connectivity index is 1.85. The zero-order valence-electron chi connectivity index (χ0n) is 16.2. The van der Waals surface area contributed by atoms with Crippen molar-refractivity contribution < 1.29 is 13.4 Å². The third-order valence-corrected chi connectivity index (χ3v) is 9.89. The maximum atomic E-state index is 14.4. The molecule has 4 aromatic rings. The molecule has 1 N–H and O–H groups in total. The zero-order chi connectivity index (χ0) is 20.9. The normalized spacial score (nSPS) is 13.3. The molecule has 0 radical (unpaired) electrons. The van der Waals surface area contributed by atoms with Crippen LogP contribution in [0.1, 0.15) is 0 Å². The van der Waals surface area contributed by atoms with Crippen molar-refractivity contribution in [3.63, 3.8) is 0 Å². The van der Waals surface area contributed by atoms with E-state index in [1.807, 2.05) is 36.4 Å². The van der Waals surface area contributed by atoms with Crippen molar-refractivity contribution in [3.05, 3.63) is 121 Å². The highest BCUT2D eigenvalue weighted by Crippen LogP contribution is 2.61. The molecule has 0 bridgehead atoms. The Bertz CT molecular complexity index is 1140. The average Bonchev–Trinajstić information content (AvgIpc) is 2.81. The molecule has 4 nitrogen and oxygen atoms in total. The van der Waals surface area contributed by atoms with Crippen LogP contribution in [0.3, 0.4) is 0 Å². The molecule has 150 valence electrons. The third-order valence-electron chi connectivity index (χ3n) is 4.57. The van der Waals surface area contributed by atoms with Gasteiger partial charge >= 0.3 is 7.52 Å². The van der Waals surface area contributed by atoms with Gasteiger partial charge in [0.1, 0.15) is 0 Å². The monoisotopic (exact) mass is 435 g/mol. The number of nitrogens with one attached hydrogen (secondary N) is 1. The molecule has 0 saturated heterocycles. The first kappa shape index (κ1) is 20.4. The van der Waals surface area contributed by atoms with Crippen LogP contribution in [-0.2, 0) is 13.4 Å². The number of hydrogen-bond acceptors (Lipinski definition) is 3. The highest BCUT2D eigenvalue weighted by atomic mass is 31.2. The Morgan fingerprint density at radius 2 is 0.933 bits per heavy atom. The van der Waals surface area contributed by atoms with Crippen LogP contribution in [0.5, 0.6) is 0 Å². The Morgan fingerprint density at radius 1 is 0.567 bits per heavy atom. The summed E-state index contributed by atoms with van der Waals surface area (Å²) in [6.07, 6.45) is 0. The van der Waals surface area contributed by atoms with Gasteiger partial charge in [-0.2, -0.15) is 0 Å². The van der Waals surface area contributed by atoms with E-state index in [-0.39, 0.29) is 0 Å². The van der Waals surface area contributed by atoms with Crippen LogP contribution in [0.15, 0.2) is 121 Å². The summed E-state index contributed by atoms with van der Waals surface area (Å²) in [7, 11) is -7.43. The fraction of sp³-hybridized carbons (Fsp3) is 0. The molecule has 4 aromatic carbocycles. The third kappa shape index (κ3) is 4.32. The number of anilines is 1. The largest absolute Gasteiger partial charge is 0.329 e. The lowest BCUT2D eigenvalue weighted by Crippen LogP contribution is -2.22. The molecule has 0 aliphatic carbocycles. The van der Waals surface area contributed by atoms with Crippen molar-refractivity contribution in [1.82, 2.24) is 0 Å². The van der Waals surface area contributed by atoms with Crippen molar-refractivity contribution in [2.24, 2.45) is 0 Å². The van der Waals surface area contributed by atoms with Gasteiger partial charge in [0, 0.05) is 16.3 Å². The minimum absolute atomic E-state index is 0.445. The molecule has 0 aliphatic rings. The molecule has 0 aliphatic heterocycles. The van der Waals surface area contributed by atoms with Gasteiger partial charge in [-0.25, -0.2) is 4.31 Å². The molecule has 0 spiro atoms. The molecule has 0 heterocycles. The summed E-state index contributed by atoms with van der Waals surface area (Å²) in [5.41, 5.74) is 0.623. The van der Waals surface area contributed by atoms with E-state index in [9.17, 15) is 9.13 Å². The maximum Gasteiger partial charge on any atom is 0.329 e. The predicted octanol–water partition coefficient (Wildman–Crippen LogP) is 5.56. The summed E-state index contributed by atoms with van der Waals surface area (Å²) in [6, 6.07) is 35.8. The van der Waals surface area contributed by atoms with Crippen molar-refractivity contribution in [1.29, 1.82) is 0 Å². The lowest BCUT2D eigenvalue weighted by molar-refractivity contribution is 0.482. The zero-order valence-corrected chi connectivity index (χ0v) is 18.0. The Hall–Kier alpha value is -2.90. The van der Waals surface area contributed by atoms with Crippen LogP contribution in [0.25, 0.3) is 0 Å². The smallest absolute Gasteiger partial charge is 0.312 e. The van der Waals surface area contributed by atoms with E-state index < -0.39 is 14.9 Å². The van der Waals surface area contributed by atoms with E-state index in [0.717, 1.165) is 0 Å². The van der Waals surface area contributed by atoms with Gasteiger partial charge in [-0.3, -0.25) is 9.13 Å². The SMILES string of the molecule is O=P(Nc1ccccc1)(OP(=[18O])(c1ccccc1)c1ccccc1)c1ccccc1. The standard InChI is InChI=1S/C24H21NO3P2/c26-29(22-15-7-2-8-16-22,23-17-9-3-10-18-23)28-30(27,24-19-11-4-12-20-24)25-21-13-5-1-6-14-21/h1-20H,(H,25,27)/i26+2. The summed E-state index contributed by atoms with van der Waals surface area (Å²) in [6.45, 7) is 0. The lowest BCUT2D eigenvalue weighted by Gasteiger charge is -2.27. The summed E-state index contributed by atoms with van der Waals surface area (Å²) in [4.78, 5) is 0. The predicted molar refractivity (Wildman–Crippen MR) is 125 cm³/mol. The quantitative estimate of drug-likeness (QED) is 0.305. The molecule has 30 heavy (non-hydrogen) atoms. The number of rotatable bonds is 7. The number of benzene rings is 4. The van der Waals surface area contributed by atoms with Crippen molar-refractivity contribution in [2.45, 2.75) is 0 Å². The van der Waals surface area contributed by atoms with Crippen molar-refractivity contribution in [3.8, 4) is 0 Å². The molecule has 6 heteroatoms. The highest BCUT2D eigenvalue weighted by Gasteiger charge is 2.39. The van der Waals surface area contributed by atoms with Gasteiger partial charge in [0.2, 0.25) is 0 Å². The van der Waals surface area contributed by atoms with E-state index in [0.29, 0.717) is 21.6 Å². The maximum absolute atomic E-state index is 14.4. The second-order valence-electron chi connectivity index (χ2n) is 6.67. The molecular weight excluding hydrogens is 414 g/mol. The molecule has 0 fully saturated rings. The molecule has 1 unspecified atom stereocenters. The first-order chi connectivity index (χ1) is 14.6. The molecule has 1 atom stereocenters. The Morgan fingerprint density at radius 3 is 1.37 bits per heavy atom. The number of hydrogen-bond donors (Lipinski definition) is 1. The summed E-state index contributed by atoms with van der Waals surface area (Å²) < 4.78 is 34.8. The van der Waals surface area contributed by atoms with Gasteiger partial charge in [-0.05, 0) is 48.5 Å². The van der Waals surface area contributed by atoms with Gasteiger partial charge < -0.3 is 5.09 Å². The minimum Gasteiger partial charge on any atom is -0.312 e. The van der Waals surface area contributed by atoms with Gasteiger partial charge in [-0.1, -0.05) is 72.8 Å². The van der Waals surface area contributed by atoms with Gasteiger partial charge in [0.15, 0.2) is 0 Å². The van der Waals surface area contributed by atoms with Crippen LogP contribution in [0, 0.1) is 0 Å². The van der Waals surface area contributed by atoms with Gasteiger partial charge in [0.05, 0.1) is 5.30 Å². The Kier molecular flexibility index (Phi) is 6.01. The van der Waals surface area contributed by atoms with Crippen LogP contribution >= 0.6 is 14.9 Å². The second kappa shape index (κ2) is 8.85. The summed E-state index contributed by atoms with van der Waals surface area (Å²) >= 11 is 0. The fourth-order valence-corrected chi connectivity index (χ4v) is 8.29. The fourth-order valence-electron chi connectivity index (χ4n) is 3.09. The molecule has 0 aromatic heterocycles. The van der Waals surface area contributed by atoms with Crippen molar-refractivity contribution in [2.75, 3.05) is 5.09 Å². The highest BCUT2D eigenvalue weighted by molar-refractivity contribution is 7.84. The molecule has 0 amide bonds. The Labute approximate surface area is 176 Å². The molecule has 4 rings (SSSR count). The van der Waals surface area contributed by atoms with Crippen LogP contribution in [-0.4, -0.2) is 0 Å². The summed E-state index contributed by atoms with van der Waals surface area (Å²) in [5.74, 6) is 0. The minimum atomic E-state index is -3.76. The van der Waals surface area contributed by atoms with Crippen LogP contribution in [0.2, 0.25) is 0 Å². The van der Waals surface area contributed by atoms with E-state index in [1.54, 1.807) is 84.9 Å². The topological polar surface area (TPSA) is 55.4 Å². The van der Waals surface area contributed by atoms with E-state index in [4.69, 9.17) is 4.31 Å². The summed E-state index contributed by atoms with van der Waals surface area (Å²) in [5, 5.41) is 4.45. The van der Waals surface area contributed by atoms with Gasteiger partial charge in [-0.15, -0.1) is 0 Å².